The normalized spacial score (nSPS) is 10.7. The smallest absolute Gasteiger partial charge is 0.258 e. The second-order valence-corrected chi connectivity index (χ2v) is 5.75. The van der Waals surface area contributed by atoms with Crippen LogP contribution in [0.15, 0.2) is 40.9 Å². The van der Waals surface area contributed by atoms with Crippen molar-refractivity contribution in [1.82, 2.24) is 10.1 Å². The molecule has 0 aliphatic rings. The van der Waals surface area contributed by atoms with E-state index in [4.69, 9.17) is 14.0 Å². The van der Waals surface area contributed by atoms with E-state index in [1.807, 2.05) is 38.1 Å². The van der Waals surface area contributed by atoms with Gasteiger partial charge in [0.15, 0.2) is 11.5 Å². The molecule has 0 amide bonds. The summed E-state index contributed by atoms with van der Waals surface area (Å²) in [4.78, 5) is 4.52. The molecule has 128 valence electrons. The van der Waals surface area contributed by atoms with E-state index >= 15 is 0 Å². The lowest BCUT2D eigenvalue weighted by atomic mass is 9.90. The van der Waals surface area contributed by atoms with Gasteiger partial charge >= 0.3 is 0 Å². The van der Waals surface area contributed by atoms with Crippen molar-refractivity contribution in [3.63, 3.8) is 0 Å². The molecule has 5 nitrogen and oxygen atoms in total. The highest BCUT2D eigenvalue weighted by molar-refractivity contribution is 6.33. The number of hydrogen-bond acceptors (Lipinski definition) is 5. The second-order valence-electron chi connectivity index (χ2n) is 5.75. The Morgan fingerprint density at radius 2 is 1.68 bits per heavy atom. The molecule has 0 saturated heterocycles. The molecule has 6 heteroatoms. The lowest BCUT2D eigenvalue weighted by Crippen LogP contribution is -2.06. The Morgan fingerprint density at radius 3 is 2.40 bits per heavy atom. The average molecular weight is 336 g/mol. The van der Waals surface area contributed by atoms with Gasteiger partial charge in [-0.3, -0.25) is 0 Å². The zero-order valence-corrected chi connectivity index (χ0v) is 15.0. The fourth-order valence-electron chi connectivity index (χ4n) is 2.52. The van der Waals surface area contributed by atoms with Crippen LogP contribution in [-0.2, 0) is 0 Å². The Kier molecular flexibility index (Phi) is 5.07. The summed E-state index contributed by atoms with van der Waals surface area (Å²) >= 11 is 0. The number of aryl methyl sites for hydroxylation is 1. The van der Waals surface area contributed by atoms with Crippen molar-refractivity contribution in [2.75, 3.05) is 13.2 Å². The largest absolute Gasteiger partial charge is 0.490 e. The molecule has 25 heavy (non-hydrogen) atoms. The fourth-order valence-corrected chi connectivity index (χ4v) is 2.52. The summed E-state index contributed by atoms with van der Waals surface area (Å²) < 4.78 is 16.7. The molecule has 0 atom stereocenters. The zero-order chi connectivity index (χ0) is 17.8. The molecule has 1 heterocycles. The molecule has 3 rings (SSSR count). The fraction of sp³-hybridized carbons (Fsp3) is 0.263. The average Bonchev–Trinajstić information content (AvgIpc) is 3.09. The van der Waals surface area contributed by atoms with Gasteiger partial charge in [0.05, 0.1) is 13.2 Å². The van der Waals surface area contributed by atoms with E-state index < -0.39 is 0 Å². The monoisotopic (exact) mass is 336 g/mol. The quantitative estimate of drug-likeness (QED) is 0.648. The molecule has 0 radical (unpaired) electrons. The van der Waals surface area contributed by atoms with E-state index in [1.54, 1.807) is 0 Å². The zero-order valence-electron chi connectivity index (χ0n) is 15.0. The Morgan fingerprint density at radius 1 is 0.960 bits per heavy atom. The van der Waals surface area contributed by atoms with Crippen LogP contribution in [0, 0.1) is 6.92 Å². The van der Waals surface area contributed by atoms with Crippen molar-refractivity contribution in [2.24, 2.45) is 0 Å². The maximum absolute atomic E-state index is 5.66. The van der Waals surface area contributed by atoms with Crippen LogP contribution >= 0.6 is 0 Å². The van der Waals surface area contributed by atoms with Crippen LogP contribution in [0.2, 0.25) is 0 Å². The maximum Gasteiger partial charge on any atom is 0.258 e. The van der Waals surface area contributed by atoms with Gasteiger partial charge in [-0.2, -0.15) is 4.98 Å². The molecular formula is C19H21BN2O3. The molecule has 0 saturated carbocycles. The number of ether oxygens (including phenoxy) is 2. The van der Waals surface area contributed by atoms with Crippen molar-refractivity contribution in [3.05, 3.63) is 42.0 Å². The van der Waals surface area contributed by atoms with Crippen LogP contribution in [0.5, 0.6) is 11.5 Å². The van der Waals surface area contributed by atoms with Gasteiger partial charge in [0.2, 0.25) is 5.82 Å². The molecule has 0 spiro atoms. The van der Waals surface area contributed by atoms with Crippen LogP contribution in [0.3, 0.4) is 0 Å². The number of hydrogen-bond donors (Lipinski definition) is 0. The third kappa shape index (κ3) is 3.68. The lowest BCUT2D eigenvalue weighted by Gasteiger charge is -2.11. The molecular weight excluding hydrogens is 315 g/mol. The maximum atomic E-state index is 5.66. The highest BCUT2D eigenvalue weighted by atomic mass is 16.5. The van der Waals surface area contributed by atoms with Gasteiger partial charge in [0, 0.05) is 11.1 Å². The molecule has 0 unspecified atom stereocenters. The van der Waals surface area contributed by atoms with Crippen molar-refractivity contribution < 1.29 is 14.0 Å². The molecule has 2 aromatic carbocycles. The Labute approximate surface area is 148 Å². The number of rotatable bonds is 6. The van der Waals surface area contributed by atoms with Gasteiger partial charge in [-0.15, -0.1) is 0 Å². The Balaban J connectivity index is 1.93. The first kappa shape index (κ1) is 17.1. The van der Waals surface area contributed by atoms with E-state index in [1.165, 1.54) is 11.0 Å². The van der Waals surface area contributed by atoms with Crippen molar-refractivity contribution in [3.8, 4) is 34.3 Å². The summed E-state index contributed by atoms with van der Waals surface area (Å²) in [5, 5.41) is 4.11. The third-order valence-corrected chi connectivity index (χ3v) is 3.98. The first-order chi connectivity index (χ1) is 12.1. The second kappa shape index (κ2) is 7.42. The van der Waals surface area contributed by atoms with Gasteiger partial charge in [0.25, 0.3) is 5.89 Å². The van der Waals surface area contributed by atoms with Gasteiger partial charge in [0.1, 0.15) is 7.85 Å². The Hall–Kier alpha value is -2.76. The van der Waals surface area contributed by atoms with Gasteiger partial charge in [-0.05, 0) is 45.0 Å². The predicted molar refractivity (Wildman–Crippen MR) is 100 cm³/mol. The molecule has 3 aromatic rings. The topological polar surface area (TPSA) is 57.4 Å². The molecule has 0 aliphatic heterocycles. The number of benzene rings is 2. The molecule has 1 aromatic heterocycles. The molecule has 0 fully saturated rings. The highest BCUT2D eigenvalue weighted by Crippen LogP contribution is 2.33. The SMILES string of the molecule is Bc1ccc(-c2noc(-c3ccc(OCC)c(OCC)c3)n2)cc1C. The van der Waals surface area contributed by atoms with Gasteiger partial charge in [-0.1, -0.05) is 28.3 Å². The van der Waals surface area contributed by atoms with Gasteiger partial charge < -0.3 is 14.0 Å². The standard InChI is InChI=1S/C19H21BN2O3/c1-4-23-16-9-7-14(11-17(16)24-5-2)19-21-18(22-25-19)13-6-8-15(20)12(3)10-13/h6-11H,4-5,20H2,1-3H3. The lowest BCUT2D eigenvalue weighted by molar-refractivity contribution is 0.288. The van der Waals surface area contributed by atoms with E-state index in [2.05, 4.69) is 37.0 Å². The third-order valence-electron chi connectivity index (χ3n) is 3.98. The molecule has 0 N–H and O–H groups in total. The van der Waals surface area contributed by atoms with Crippen LogP contribution in [0.25, 0.3) is 22.8 Å². The summed E-state index contributed by atoms with van der Waals surface area (Å²) in [6.45, 7) is 7.09. The predicted octanol–water partition coefficient (Wildman–Crippen LogP) is 2.77. The Bertz CT molecular complexity index is 877. The first-order valence-electron chi connectivity index (χ1n) is 8.43. The van der Waals surface area contributed by atoms with Crippen LogP contribution in [0.1, 0.15) is 19.4 Å². The van der Waals surface area contributed by atoms with Crippen LogP contribution in [-0.4, -0.2) is 31.2 Å². The summed E-state index contributed by atoms with van der Waals surface area (Å²) in [6.07, 6.45) is 0. The summed E-state index contributed by atoms with van der Waals surface area (Å²) in [5.41, 5.74) is 4.17. The molecule has 0 aliphatic carbocycles. The number of aromatic nitrogens is 2. The van der Waals surface area contributed by atoms with Crippen LogP contribution < -0.4 is 14.9 Å². The van der Waals surface area contributed by atoms with E-state index in [0.717, 1.165) is 11.1 Å². The van der Waals surface area contributed by atoms with Gasteiger partial charge in [-0.25, -0.2) is 0 Å². The number of nitrogens with zero attached hydrogens (tertiary/aromatic N) is 2. The van der Waals surface area contributed by atoms with Crippen molar-refractivity contribution in [2.45, 2.75) is 20.8 Å². The van der Waals surface area contributed by atoms with Crippen molar-refractivity contribution >= 4 is 13.3 Å². The van der Waals surface area contributed by atoms with E-state index in [-0.39, 0.29) is 0 Å². The minimum Gasteiger partial charge on any atom is -0.490 e. The van der Waals surface area contributed by atoms with E-state index in [9.17, 15) is 0 Å². The minimum absolute atomic E-state index is 0.456. The summed E-state index contributed by atoms with van der Waals surface area (Å²) in [7, 11) is 2.08. The van der Waals surface area contributed by atoms with Crippen molar-refractivity contribution in [1.29, 1.82) is 0 Å². The van der Waals surface area contributed by atoms with E-state index in [0.29, 0.717) is 36.4 Å². The summed E-state index contributed by atoms with van der Waals surface area (Å²) in [5.74, 6) is 2.41. The highest BCUT2D eigenvalue weighted by Gasteiger charge is 2.14. The summed E-state index contributed by atoms with van der Waals surface area (Å²) in [6, 6.07) is 11.8. The molecule has 0 bridgehead atoms. The minimum atomic E-state index is 0.456. The van der Waals surface area contributed by atoms with Crippen LogP contribution in [0.4, 0.5) is 0 Å². The first-order valence-corrected chi connectivity index (χ1v) is 8.43.